The Balaban J connectivity index is 1.41. The largest absolute Gasteiger partial charge is 0.456 e. The van der Waals surface area contributed by atoms with Gasteiger partial charge in [-0.3, -0.25) is 19.2 Å². The minimum atomic E-state index is -4.58. The third kappa shape index (κ3) is 14.1. The number of fused-ring (bicyclic) bond motifs is 3. The maximum absolute atomic E-state index is 14.5. The molecule has 392 valence electrons. The fourth-order valence-corrected chi connectivity index (χ4v) is 10.7. The van der Waals surface area contributed by atoms with Crippen LogP contribution in [0.15, 0.2) is 47.6 Å². The number of aliphatic hydroxyl groups excluding tert-OH is 1. The number of amides is 2. The Bertz CT molecular complexity index is 2050. The Morgan fingerprint density at radius 1 is 0.943 bits per heavy atom. The monoisotopic (exact) mass is 993 g/mol. The number of anilines is 1. The summed E-state index contributed by atoms with van der Waals surface area (Å²) in [4.78, 5) is 71.1. The third-order valence-electron chi connectivity index (χ3n) is 14.8. The summed E-state index contributed by atoms with van der Waals surface area (Å²) in [6.07, 6.45) is -2.23. The number of nitrogens with one attached hydrogen (secondary N) is 1. The van der Waals surface area contributed by atoms with Crippen molar-refractivity contribution in [3.8, 4) is 0 Å². The molecule has 14 atom stereocenters. The quantitative estimate of drug-likeness (QED) is 0.122. The number of ketones is 2. The fraction of sp³-hybridized carbons (Fsp3) is 0.712. The van der Waals surface area contributed by atoms with Crippen molar-refractivity contribution < 1.29 is 75.8 Å². The second kappa shape index (κ2) is 25.1. The molecule has 5 rings (SSSR count). The smallest absolute Gasteiger partial charge is 0.416 e. The number of ether oxygens (including phenoxy) is 6. The molecule has 0 unspecified atom stereocenters. The van der Waals surface area contributed by atoms with Crippen LogP contribution < -0.4 is 5.32 Å². The van der Waals surface area contributed by atoms with Gasteiger partial charge in [0.1, 0.15) is 30.6 Å². The van der Waals surface area contributed by atoms with Gasteiger partial charge in [0.15, 0.2) is 0 Å². The number of Topliss-reactive ketones (excluding diaryl/α,β-unsaturated/α-hetero) is 2. The number of carbonyl (C=O) groups excluding carboxylic acids is 5. The van der Waals surface area contributed by atoms with Crippen LogP contribution in [0.3, 0.4) is 0 Å². The number of alkyl halides is 3. The summed E-state index contributed by atoms with van der Waals surface area (Å²) in [5, 5.41) is 26.4. The maximum atomic E-state index is 14.5. The lowest BCUT2D eigenvalue weighted by Gasteiger charge is -2.47. The standard InChI is InChI=1S/C52H75F3N2O13/c1-10-35-21-29(2)20-30(3)22-43(66-8)47-44(67-9)24-32(5)51(64,70-47)48(61)49(62)57-19-12-11-16-38(57)50(63)69-46(33(6)39(58)27-40(35)59)31(4)23-34-17-18-41(42(25-34)65-7)68-28-45(60)56-37-15-13-14-36(26-37)52(53,54)55/h13-15,21,23,26,30,32-35,38-39,41-44,46-47,58,64H,10-12,16-20,22,24-25,27-28H2,1-9H3,(H,56,60)/b29-21+,31-23+/t30-,32+,33+,34-,35+,38-,39-,41+,42+,43-,44-,46+,47+,51+/m0/s1. The summed E-state index contributed by atoms with van der Waals surface area (Å²) in [7, 11) is 4.52. The fourth-order valence-electron chi connectivity index (χ4n) is 10.7. The lowest BCUT2D eigenvalue weighted by molar-refractivity contribution is -0.302. The molecule has 1 saturated carbocycles. The Kier molecular flexibility index (Phi) is 20.4. The number of hydrogen-bond donors (Lipinski definition) is 3. The van der Waals surface area contributed by atoms with E-state index in [0.29, 0.717) is 56.9 Å². The highest BCUT2D eigenvalue weighted by Crippen LogP contribution is 2.40. The van der Waals surface area contributed by atoms with E-state index in [-0.39, 0.29) is 49.1 Å². The van der Waals surface area contributed by atoms with Crippen LogP contribution in [0.2, 0.25) is 0 Å². The molecule has 4 aliphatic rings. The van der Waals surface area contributed by atoms with Gasteiger partial charge in [-0.2, -0.15) is 13.2 Å². The Morgan fingerprint density at radius 3 is 2.29 bits per heavy atom. The molecule has 3 aliphatic heterocycles. The third-order valence-corrected chi connectivity index (χ3v) is 14.8. The lowest BCUT2D eigenvalue weighted by Crippen LogP contribution is -2.64. The van der Waals surface area contributed by atoms with Crippen LogP contribution in [0.25, 0.3) is 0 Å². The van der Waals surface area contributed by atoms with Crippen LogP contribution in [-0.2, 0) is 58.6 Å². The minimum Gasteiger partial charge on any atom is -0.456 e. The van der Waals surface area contributed by atoms with Crippen molar-refractivity contribution >= 4 is 35.0 Å². The molecule has 3 heterocycles. The molecule has 0 aromatic heterocycles. The van der Waals surface area contributed by atoms with E-state index in [1.807, 2.05) is 32.9 Å². The van der Waals surface area contributed by atoms with E-state index in [0.717, 1.165) is 22.6 Å². The number of cyclic esters (lactones) is 1. The van der Waals surface area contributed by atoms with Gasteiger partial charge in [-0.1, -0.05) is 51.5 Å². The van der Waals surface area contributed by atoms with Crippen molar-refractivity contribution in [2.45, 2.75) is 173 Å². The van der Waals surface area contributed by atoms with Gasteiger partial charge in [-0.25, -0.2) is 4.79 Å². The first kappa shape index (κ1) is 56.9. The number of carbonyl (C=O) groups is 5. The number of rotatable bonds is 10. The first-order valence-corrected chi connectivity index (χ1v) is 24.7. The van der Waals surface area contributed by atoms with Gasteiger partial charge in [-0.05, 0) is 114 Å². The molecule has 1 aromatic carbocycles. The summed E-state index contributed by atoms with van der Waals surface area (Å²) in [6.45, 7) is 10.5. The van der Waals surface area contributed by atoms with Crippen LogP contribution in [0.4, 0.5) is 18.9 Å². The lowest BCUT2D eigenvalue weighted by atomic mass is 9.81. The van der Waals surface area contributed by atoms with Gasteiger partial charge in [0.05, 0.1) is 36.1 Å². The Hall–Kier alpha value is -4.04. The number of aliphatic hydroxyl groups is 2. The Labute approximate surface area is 410 Å². The van der Waals surface area contributed by atoms with Gasteiger partial charge in [-0.15, -0.1) is 0 Å². The van der Waals surface area contributed by atoms with E-state index in [1.54, 1.807) is 20.8 Å². The number of halogens is 3. The number of hydrogen-bond acceptors (Lipinski definition) is 13. The first-order valence-electron chi connectivity index (χ1n) is 24.7. The van der Waals surface area contributed by atoms with Gasteiger partial charge in [0, 0.05) is 57.7 Å². The van der Waals surface area contributed by atoms with Crippen molar-refractivity contribution in [3.05, 3.63) is 53.1 Å². The van der Waals surface area contributed by atoms with E-state index < -0.39 is 114 Å². The minimum absolute atomic E-state index is 0.0124. The summed E-state index contributed by atoms with van der Waals surface area (Å²) in [5.74, 6) is -8.87. The highest BCUT2D eigenvalue weighted by molar-refractivity contribution is 6.39. The molecular formula is C52H75F3N2O13. The number of piperidine rings is 1. The molecule has 2 amide bonds. The van der Waals surface area contributed by atoms with Gasteiger partial charge >= 0.3 is 12.1 Å². The highest BCUT2D eigenvalue weighted by Gasteiger charge is 2.56. The van der Waals surface area contributed by atoms with Crippen LogP contribution >= 0.6 is 0 Å². The SMILES string of the molecule is CC[C@@H]1/C=C(\C)C[C@H](C)C[C@H](OC)[C@H]2O[C@@](O)(C(=O)C(=O)N3CCCC[C@H]3C(=O)O[C@H](/C(C)=C/[C@@H]3CC[C@@H](OCC(=O)Nc4cccc(C(F)(F)F)c4)[C@H](OC)C3)[C@H](C)[C@@H](O)CC1=O)[C@H](C)C[C@@H]2OC. The topological polar surface area (TPSA) is 196 Å². The van der Waals surface area contributed by atoms with Crippen molar-refractivity contribution in [2.75, 3.05) is 39.8 Å². The zero-order chi connectivity index (χ0) is 51.7. The normalized spacial score (nSPS) is 35.7. The molecule has 1 aliphatic carbocycles. The molecule has 0 radical (unpaired) electrons. The average Bonchev–Trinajstić information content (AvgIpc) is 3.32. The second-order valence-corrected chi connectivity index (χ2v) is 20.1. The molecule has 0 spiro atoms. The molecule has 1 aromatic rings. The molecule has 3 fully saturated rings. The molecular weight excluding hydrogens is 918 g/mol. The van der Waals surface area contributed by atoms with Crippen LogP contribution in [0.1, 0.15) is 118 Å². The van der Waals surface area contributed by atoms with Crippen LogP contribution in [-0.4, -0.2) is 134 Å². The molecule has 18 heteroatoms. The number of esters is 1. The zero-order valence-corrected chi connectivity index (χ0v) is 42.1. The van der Waals surface area contributed by atoms with Crippen molar-refractivity contribution in [1.82, 2.24) is 4.90 Å². The number of nitrogens with zero attached hydrogens (tertiary/aromatic N) is 1. The number of methoxy groups -OCH3 is 3. The molecule has 2 saturated heterocycles. The summed E-state index contributed by atoms with van der Waals surface area (Å²) in [6, 6.07) is 3.09. The number of allylic oxidation sites excluding steroid dienone is 3. The van der Waals surface area contributed by atoms with Crippen molar-refractivity contribution in [1.29, 1.82) is 0 Å². The summed E-state index contributed by atoms with van der Waals surface area (Å²) < 4.78 is 75.7. The predicted octanol–water partition coefficient (Wildman–Crippen LogP) is 7.15. The maximum Gasteiger partial charge on any atom is 0.416 e. The molecule has 15 nitrogen and oxygen atoms in total. The summed E-state index contributed by atoms with van der Waals surface area (Å²) >= 11 is 0. The van der Waals surface area contributed by atoms with Crippen molar-refractivity contribution in [3.63, 3.8) is 0 Å². The van der Waals surface area contributed by atoms with Crippen LogP contribution in [0.5, 0.6) is 0 Å². The van der Waals surface area contributed by atoms with E-state index in [2.05, 4.69) is 5.32 Å². The second-order valence-electron chi connectivity index (χ2n) is 20.1. The van der Waals surface area contributed by atoms with Gasteiger partial charge in [0.25, 0.3) is 11.7 Å². The van der Waals surface area contributed by atoms with E-state index in [4.69, 9.17) is 28.4 Å². The van der Waals surface area contributed by atoms with Gasteiger partial charge < -0.3 is 48.9 Å². The van der Waals surface area contributed by atoms with Crippen molar-refractivity contribution in [2.24, 2.45) is 29.6 Å². The average molecular weight is 993 g/mol. The van der Waals surface area contributed by atoms with E-state index >= 15 is 0 Å². The predicted molar refractivity (Wildman–Crippen MR) is 252 cm³/mol. The zero-order valence-electron chi connectivity index (χ0n) is 42.1. The Morgan fingerprint density at radius 2 is 1.63 bits per heavy atom. The molecule has 2 bridgehead atoms. The van der Waals surface area contributed by atoms with Crippen LogP contribution in [0, 0.1) is 29.6 Å². The van der Waals surface area contributed by atoms with E-state index in [1.165, 1.54) is 33.5 Å². The van der Waals surface area contributed by atoms with E-state index in [9.17, 15) is 47.4 Å². The molecule has 3 N–H and O–H groups in total. The molecule has 70 heavy (non-hydrogen) atoms. The van der Waals surface area contributed by atoms with Gasteiger partial charge in [0.2, 0.25) is 11.7 Å². The number of benzene rings is 1. The first-order chi connectivity index (χ1) is 33.0. The highest BCUT2D eigenvalue weighted by atomic mass is 19.4. The summed E-state index contributed by atoms with van der Waals surface area (Å²) in [5.41, 5.74) is 0.595.